The van der Waals surface area contributed by atoms with Crippen LogP contribution in [0.5, 0.6) is 11.5 Å². The first-order chi connectivity index (χ1) is 14.6. The number of anilines is 1. The molecule has 0 spiro atoms. The van der Waals surface area contributed by atoms with Crippen LogP contribution in [0.2, 0.25) is 5.02 Å². The second-order valence-electron chi connectivity index (χ2n) is 7.01. The van der Waals surface area contributed by atoms with Crippen LogP contribution >= 0.6 is 11.6 Å². The van der Waals surface area contributed by atoms with Crippen LogP contribution in [0, 0.1) is 16.0 Å². The van der Waals surface area contributed by atoms with Crippen molar-refractivity contribution in [2.75, 3.05) is 19.0 Å². The summed E-state index contributed by atoms with van der Waals surface area (Å²) in [5.41, 5.74) is -0.219. The van der Waals surface area contributed by atoms with E-state index in [0.717, 1.165) is 0 Å². The number of methoxy groups -OCH3 is 1. The minimum atomic E-state index is -1.23. The number of esters is 1. The van der Waals surface area contributed by atoms with Crippen molar-refractivity contribution in [1.29, 1.82) is 0 Å². The van der Waals surface area contributed by atoms with E-state index in [2.05, 4.69) is 5.32 Å². The normalized spacial score (nSPS) is 11.5. The van der Waals surface area contributed by atoms with Gasteiger partial charge in [-0.1, -0.05) is 37.6 Å². The molecule has 0 heterocycles. The summed E-state index contributed by atoms with van der Waals surface area (Å²) in [6.45, 7) is 5.70. The summed E-state index contributed by atoms with van der Waals surface area (Å²) >= 11 is 6.24. The van der Waals surface area contributed by atoms with E-state index in [9.17, 15) is 19.7 Å². The summed E-state index contributed by atoms with van der Waals surface area (Å²) in [6, 6.07) is 8.40. The zero-order valence-electron chi connectivity index (χ0n) is 17.5. The fourth-order valence-corrected chi connectivity index (χ4v) is 2.75. The molecule has 1 N–H and O–H groups in total. The molecule has 10 heteroatoms. The highest BCUT2D eigenvalue weighted by atomic mass is 35.5. The molecule has 166 valence electrons. The second-order valence-corrected chi connectivity index (χ2v) is 7.41. The molecule has 0 saturated carbocycles. The first-order valence-corrected chi connectivity index (χ1v) is 9.77. The SMILES string of the molecule is COc1cc(C(=O)OC(C)C(=O)Nc2ccccc2[N+](=O)[O-])cc(Cl)c1OCC(C)C. The van der Waals surface area contributed by atoms with Crippen molar-refractivity contribution < 1.29 is 28.7 Å². The molecule has 31 heavy (non-hydrogen) atoms. The third-order valence-electron chi connectivity index (χ3n) is 4.04. The summed E-state index contributed by atoms with van der Waals surface area (Å²) in [5, 5.41) is 13.6. The van der Waals surface area contributed by atoms with Gasteiger partial charge >= 0.3 is 5.97 Å². The van der Waals surface area contributed by atoms with Gasteiger partial charge < -0.3 is 19.5 Å². The number of carbonyl (C=O) groups excluding carboxylic acids is 2. The molecule has 1 atom stereocenters. The van der Waals surface area contributed by atoms with Crippen molar-refractivity contribution >= 4 is 34.9 Å². The van der Waals surface area contributed by atoms with Gasteiger partial charge in [0.05, 0.1) is 29.2 Å². The Morgan fingerprint density at radius 3 is 2.48 bits per heavy atom. The molecule has 0 aliphatic carbocycles. The van der Waals surface area contributed by atoms with E-state index >= 15 is 0 Å². The average molecular weight is 451 g/mol. The van der Waals surface area contributed by atoms with Gasteiger partial charge in [0, 0.05) is 6.07 Å². The molecule has 0 radical (unpaired) electrons. The number of nitro groups is 1. The molecule has 0 saturated heterocycles. The largest absolute Gasteiger partial charge is 0.493 e. The van der Waals surface area contributed by atoms with E-state index in [-0.39, 0.29) is 33.6 Å². The van der Waals surface area contributed by atoms with E-state index in [1.165, 1.54) is 50.4 Å². The molecule has 9 nitrogen and oxygen atoms in total. The molecular weight excluding hydrogens is 428 g/mol. The number of para-hydroxylation sites is 2. The monoisotopic (exact) mass is 450 g/mol. The van der Waals surface area contributed by atoms with Gasteiger partial charge in [-0.15, -0.1) is 0 Å². The Bertz CT molecular complexity index is 978. The molecule has 0 aliphatic rings. The highest BCUT2D eigenvalue weighted by Crippen LogP contribution is 2.37. The molecule has 0 bridgehead atoms. The average Bonchev–Trinajstić information content (AvgIpc) is 2.72. The maximum absolute atomic E-state index is 12.5. The zero-order chi connectivity index (χ0) is 23.1. The predicted molar refractivity (Wildman–Crippen MR) is 115 cm³/mol. The minimum Gasteiger partial charge on any atom is -0.493 e. The molecule has 0 aliphatic heterocycles. The van der Waals surface area contributed by atoms with Crippen LogP contribution in [0.1, 0.15) is 31.1 Å². The van der Waals surface area contributed by atoms with Crippen LogP contribution < -0.4 is 14.8 Å². The van der Waals surface area contributed by atoms with Gasteiger partial charge in [0.2, 0.25) is 0 Å². The topological polar surface area (TPSA) is 117 Å². The van der Waals surface area contributed by atoms with Crippen LogP contribution in [0.4, 0.5) is 11.4 Å². The van der Waals surface area contributed by atoms with Gasteiger partial charge in [-0.2, -0.15) is 0 Å². The molecule has 2 rings (SSSR count). The van der Waals surface area contributed by atoms with Crippen molar-refractivity contribution in [3.8, 4) is 11.5 Å². The first-order valence-electron chi connectivity index (χ1n) is 9.39. The van der Waals surface area contributed by atoms with Gasteiger partial charge in [-0.3, -0.25) is 14.9 Å². The first kappa shape index (κ1) is 23.9. The van der Waals surface area contributed by atoms with Gasteiger partial charge in [-0.25, -0.2) is 4.79 Å². The Kier molecular flexibility index (Phi) is 8.21. The molecule has 1 amide bonds. The Balaban J connectivity index is 2.13. The van der Waals surface area contributed by atoms with Crippen molar-refractivity contribution in [2.24, 2.45) is 5.92 Å². The highest BCUT2D eigenvalue weighted by molar-refractivity contribution is 6.32. The Morgan fingerprint density at radius 1 is 1.19 bits per heavy atom. The number of carbonyl (C=O) groups is 2. The lowest BCUT2D eigenvalue weighted by atomic mass is 10.2. The maximum atomic E-state index is 12.5. The predicted octanol–water partition coefficient (Wildman–Crippen LogP) is 4.48. The summed E-state index contributed by atoms with van der Waals surface area (Å²) < 4.78 is 16.1. The van der Waals surface area contributed by atoms with Gasteiger partial charge in [0.25, 0.3) is 11.6 Å². The molecule has 2 aromatic rings. The molecule has 1 unspecified atom stereocenters. The van der Waals surface area contributed by atoms with Gasteiger partial charge in [0.1, 0.15) is 5.69 Å². The molecule has 2 aromatic carbocycles. The quantitative estimate of drug-likeness (QED) is 0.340. The number of hydrogen-bond acceptors (Lipinski definition) is 7. The molecular formula is C21H23ClN2O7. The van der Waals surface area contributed by atoms with Crippen LogP contribution in [-0.2, 0) is 9.53 Å². The summed E-state index contributed by atoms with van der Waals surface area (Å²) in [4.78, 5) is 35.3. The summed E-state index contributed by atoms with van der Waals surface area (Å²) in [5.74, 6) is -0.739. The van der Waals surface area contributed by atoms with Crippen LogP contribution in [0.3, 0.4) is 0 Å². The Labute approximate surface area is 184 Å². The van der Waals surface area contributed by atoms with Crippen LogP contribution in [0.25, 0.3) is 0 Å². The number of nitro benzene ring substituents is 1. The smallest absolute Gasteiger partial charge is 0.339 e. The van der Waals surface area contributed by atoms with Crippen molar-refractivity contribution in [3.63, 3.8) is 0 Å². The van der Waals surface area contributed by atoms with E-state index in [1.54, 1.807) is 0 Å². The second kappa shape index (κ2) is 10.6. The van der Waals surface area contributed by atoms with Crippen LogP contribution in [0.15, 0.2) is 36.4 Å². The van der Waals surface area contributed by atoms with Crippen LogP contribution in [-0.4, -0.2) is 36.6 Å². The van der Waals surface area contributed by atoms with Gasteiger partial charge in [-0.05, 0) is 31.0 Å². The molecule has 0 aromatic heterocycles. The number of nitrogens with zero attached hydrogens (tertiary/aromatic N) is 1. The number of nitrogens with one attached hydrogen (secondary N) is 1. The maximum Gasteiger partial charge on any atom is 0.339 e. The highest BCUT2D eigenvalue weighted by Gasteiger charge is 2.24. The Morgan fingerprint density at radius 2 is 1.87 bits per heavy atom. The third kappa shape index (κ3) is 6.32. The van der Waals surface area contributed by atoms with E-state index < -0.39 is 22.9 Å². The van der Waals surface area contributed by atoms with Crippen molar-refractivity contribution in [1.82, 2.24) is 0 Å². The number of hydrogen-bond donors (Lipinski definition) is 1. The van der Waals surface area contributed by atoms with E-state index in [0.29, 0.717) is 12.4 Å². The third-order valence-corrected chi connectivity index (χ3v) is 4.32. The lowest BCUT2D eigenvalue weighted by Gasteiger charge is -2.16. The fourth-order valence-electron chi connectivity index (χ4n) is 2.48. The number of halogens is 1. The zero-order valence-corrected chi connectivity index (χ0v) is 18.3. The van der Waals surface area contributed by atoms with Crippen molar-refractivity contribution in [3.05, 3.63) is 57.1 Å². The molecule has 0 fully saturated rings. The Hall–Kier alpha value is -3.33. The summed E-state index contributed by atoms with van der Waals surface area (Å²) in [7, 11) is 1.41. The number of ether oxygens (including phenoxy) is 3. The minimum absolute atomic E-state index is 0.00299. The van der Waals surface area contributed by atoms with Crippen molar-refractivity contribution in [2.45, 2.75) is 26.9 Å². The summed E-state index contributed by atoms with van der Waals surface area (Å²) in [6.07, 6.45) is -1.23. The van der Waals surface area contributed by atoms with E-state index in [1.807, 2.05) is 13.8 Å². The number of rotatable bonds is 9. The number of benzene rings is 2. The van der Waals surface area contributed by atoms with E-state index in [4.69, 9.17) is 25.8 Å². The van der Waals surface area contributed by atoms with Gasteiger partial charge in [0.15, 0.2) is 17.6 Å². The lowest BCUT2D eigenvalue weighted by molar-refractivity contribution is -0.383. The standard InChI is InChI=1S/C21H23ClN2O7/c1-12(2)11-30-19-15(22)9-14(10-18(19)29-4)21(26)31-13(3)20(25)23-16-7-5-6-8-17(16)24(27)28/h5-10,12-13H,11H2,1-4H3,(H,23,25). The number of amides is 1. The lowest BCUT2D eigenvalue weighted by Crippen LogP contribution is -2.30. The fraction of sp³-hybridized carbons (Fsp3) is 0.333.